The molecule has 1 unspecified atom stereocenters. The predicted molar refractivity (Wildman–Crippen MR) is 112 cm³/mol. The van der Waals surface area contributed by atoms with Crippen molar-refractivity contribution in [2.24, 2.45) is 5.92 Å². The van der Waals surface area contributed by atoms with Crippen LogP contribution in [0.25, 0.3) is 0 Å². The minimum Gasteiger partial charge on any atom is -0.338 e. The first-order chi connectivity index (χ1) is 13.1. The third-order valence-electron chi connectivity index (χ3n) is 5.79. The maximum atomic E-state index is 13.1. The molecule has 0 aliphatic carbocycles. The average molecular weight is 390 g/mol. The Balaban J connectivity index is 1.62. The number of likely N-dealkylation sites (tertiary alicyclic amines) is 1. The van der Waals surface area contributed by atoms with Crippen molar-refractivity contribution < 1.29 is 9.59 Å². The summed E-state index contributed by atoms with van der Waals surface area (Å²) >= 11 is 2.03. The molecule has 0 aromatic heterocycles. The van der Waals surface area contributed by atoms with E-state index in [-0.39, 0.29) is 17.7 Å². The van der Waals surface area contributed by atoms with Crippen molar-refractivity contribution in [1.29, 1.82) is 0 Å². The predicted octanol–water partition coefficient (Wildman–Crippen LogP) is 3.32. The number of hydrogen-bond donors (Lipinski definition) is 1. The van der Waals surface area contributed by atoms with Crippen LogP contribution in [0.4, 0.5) is 5.69 Å². The highest BCUT2D eigenvalue weighted by Gasteiger charge is 2.29. The van der Waals surface area contributed by atoms with Gasteiger partial charge in [-0.25, -0.2) is 0 Å². The van der Waals surface area contributed by atoms with Gasteiger partial charge in [0.15, 0.2) is 0 Å². The molecule has 0 radical (unpaired) electrons. The third kappa shape index (κ3) is 5.05. The molecule has 2 heterocycles. The van der Waals surface area contributed by atoms with E-state index in [0.717, 1.165) is 32.4 Å². The molecule has 1 aromatic carbocycles. The molecule has 1 N–H and O–H groups in total. The Kier molecular flexibility index (Phi) is 7.19. The summed E-state index contributed by atoms with van der Waals surface area (Å²) in [6.45, 7) is 7.83. The van der Waals surface area contributed by atoms with E-state index in [1.807, 2.05) is 54.8 Å². The lowest BCUT2D eigenvalue weighted by Gasteiger charge is -2.40. The number of nitrogens with one attached hydrogen (secondary N) is 1. The smallest absolute Gasteiger partial charge is 0.255 e. The van der Waals surface area contributed by atoms with Crippen molar-refractivity contribution in [3.8, 4) is 0 Å². The second-order valence-electron chi connectivity index (χ2n) is 7.52. The van der Waals surface area contributed by atoms with E-state index in [2.05, 4.69) is 10.2 Å². The Morgan fingerprint density at radius 3 is 2.48 bits per heavy atom. The van der Waals surface area contributed by atoms with Crippen LogP contribution in [0.1, 0.15) is 43.5 Å². The number of carbonyl (C=O) groups is 2. The second kappa shape index (κ2) is 9.60. The van der Waals surface area contributed by atoms with Gasteiger partial charge in [-0.3, -0.25) is 14.5 Å². The van der Waals surface area contributed by atoms with Gasteiger partial charge in [-0.15, -0.1) is 0 Å². The van der Waals surface area contributed by atoms with E-state index < -0.39 is 0 Å². The average Bonchev–Trinajstić information content (AvgIpc) is 2.73. The van der Waals surface area contributed by atoms with Gasteiger partial charge < -0.3 is 10.2 Å². The number of amides is 2. The van der Waals surface area contributed by atoms with Crippen LogP contribution in [0, 0.1) is 5.92 Å². The first-order valence-corrected chi connectivity index (χ1v) is 11.3. The molecule has 0 saturated carbocycles. The number of hydrogen-bond acceptors (Lipinski definition) is 4. The Morgan fingerprint density at radius 1 is 1.15 bits per heavy atom. The minimum atomic E-state index is -0.0633. The standard InChI is InChI=1S/C21H31N3O2S/c1-3-16(2)20(25)22-19-7-5-4-6-18(19)21(26)24-10-8-17(9-11-24)23-12-14-27-15-13-23/h4-7,16-17H,3,8-15H2,1-2H3,(H,22,25). The van der Waals surface area contributed by atoms with Crippen LogP contribution < -0.4 is 5.32 Å². The molecule has 2 aliphatic rings. The zero-order valence-corrected chi connectivity index (χ0v) is 17.3. The molecule has 148 valence electrons. The molecular formula is C21H31N3O2S. The van der Waals surface area contributed by atoms with Gasteiger partial charge in [-0.1, -0.05) is 26.0 Å². The van der Waals surface area contributed by atoms with E-state index in [1.54, 1.807) is 0 Å². The molecule has 2 aliphatic heterocycles. The third-order valence-corrected chi connectivity index (χ3v) is 6.73. The number of carbonyl (C=O) groups excluding carboxylic acids is 2. The summed E-state index contributed by atoms with van der Waals surface area (Å²) in [6, 6.07) is 7.98. The van der Waals surface area contributed by atoms with Crippen LogP contribution in [0.5, 0.6) is 0 Å². The van der Waals surface area contributed by atoms with Crippen molar-refractivity contribution in [3.05, 3.63) is 29.8 Å². The van der Waals surface area contributed by atoms with E-state index in [9.17, 15) is 9.59 Å². The maximum absolute atomic E-state index is 13.1. The molecule has 2 fully saturated rings. The SMILES string of the molecule is CCC(C)C(=O)Nc1ccccc1C(=O)N1CCC(N2CCSCC2)CC1. The van der Waals surface area contributed by atoms with Gasteiger partial charge in [-0.05, 0) is 31.4 Å². The first-order valence-electron chi connectivity index (χ1n) is 10.1. The van der Waals surface area contributed by atoms with Crippen molar-refractivity contribution in [2.75, 3.05) is 43.0 Å². The number of anilines is 1. The lowest BCUT2D eigenvalue weighted by atomic mass is 10.0. The summed E-state index contributed by atoms with van der Waals surface area (Å²) < 4.78 is 0. The van der Waals surface area contributed by atoms with Gasteiger partial charge in [-0.2, -0.15) is 11.8 Å². The van der Waals surface area contributed by atoms with Crippen LogP contribution in [0.3, 0.4) is 0 Å². The molecule has 5 nitrogen and oxygen atoms in total. The number of benzene rings is 1. The van der Waals surface area contributed by atoms with Crippen LogP contribution in [-0.2, 0) is 4.79 Å². The van der Waals surface area contributed by atoms with E-state index in [4.69, 9.17) is 0 Å². The van der Waals surface area contributed by atoms with Gasteiger partial charge in [0.05, 0.1) is 11.3 Å². The minimum absolute atomic E-state index is 0.0283. The van der Waals surface area contributed by atoms with E-state index in [0.29, 0.717) is 17.3 Å². The molecule has 2 saturated heterocycles. The topological polar surface area (TPSA) is 52.7 Å². The van der Waals surface area contributed by atoms with Crippen LogP contribution in [0.2, 0.25) is 0 Å². The van der Waals surface area contributed by atoms with E-state index >= 15 is 0 Å². The Morgan fingerprint density at radius 2 is 1.81 bits per heavy atom. The van der Waals surface area contributed by atoms with Crippen molar-refractivity contribution >= 4 is 29.3 Å². The maximum Gasteiger partial charge on any atom is 0.255 e. The summed E-state index contributed by atoms with van der Waals surface area (Å²) in [4.78, 5) is 29.9. The van der Waals surface area contributed by atoms with Gasteiger partial charge in [0.2, 0.25) is 5.91 Å². The molecule has 1 aromatic rings. The normalized spacial score (nSPS) is 20.3. The molecule has 2 amide bonds. The van der Waals surface area contributed by atoms with E-state index in [1.165, 1.54) is 24.6 Å². The van der Waals surface area contributed by atoms with Crippen molar-refractivity contribution in [2.45, 2.75) is 39.2 Å². The fraction of sp³-hybridized carbons (Fsp3) is 0.619. The summed E-state index contributed by atoms with van der Waals surface area (Å²) in [5, 5.41) is 2.94. The number of para-hydroxylation sites is 1. The van der Waals surface area contributed by atoms with Crippen molar-refractivity contribution in [3.63, 3.8) is 0 Å². The lowest BCUT2D eigenvalue weighted by molar-refractivity contribution is -0.119. The quantitative estimate of drug-likeness (QED) is 0.839. The molecular weight excluding hydrogens is 358 g/mol. The number of nitrogens with zero attached hydrogens (tertiary/aromatic N) is 2. The van der Waals surface area contributed by atoms with Gasteiger partial charge in [0, 0.05) is 49.6 Å². The van der Waals surface area contributed by atoms with Crippen molar-refractivity contribution in [1.82, 2.24) is 9.80 Å². The van der Waals surface area contributed by atoms with Gasteiger partial charge in [0.1, 0.15) is 0 Å². The van der Waals surface area contributed by atoms with Gasteiger partial charge >= 0.3 is 0 Å². The monoisotopic (exact) mass is 389 g/mol. The molecule has 27 heavy (non-hydrogen) atoms. The number of piperidine rings is 1. The highest BCUT2D eigenvalue weighted by atomic mass is 32.2. The number of thioether (sulfide) groups is 1. The van der Waals surface area contributed by atoms with Crippen LogP contribution in [0.15, 0.2) is 24.3 Å². The largest absolute Gasteiger partial charge is 0.338 e. The lowest BCUT2D eigenvalue weighted by Crippen LogP contribution is -2.49. The molecule has 0 spiro atoms. The number of rotatable bonds is 5. The zero-order chi connectivity index (χ0) is 19.2. The van der Waals surface area contributed by atoms with Crippen LogP contribution >= 0.6 is 11.8 Å². The summed E-state index contributed by atoms with van der Waals surface area (Å²) in [5.41, 5.74) is 1.23. The summed E-state index contributed by atoms with van der Waals surface area (Å²) in [7, 11) is 0. The Bertz CT molecular complexity index is 653. The Hall–Kier alpha value is -1.53. The summed E-state index contributed by atoms with van der Waals surface area (Å²) in [6.07, 6.45) is 2.86. The second-order valence-corrected chi connectivity index (χ2v) is 8.74. The molecule has 6 heteroatoms. The molecule has 1 atom stereocenters. The summed E-state index contributed by atoms with van der Waals surface area (Å²) in [5.74, 6) is 2.39. The fourth-order valence-electron chi connectivity index (χ4n) is 3.77. The van der Waals surface area contributed by atoms with Gasteiger partial charge in [0.25, 0.3) is 5.91 Å². The first kappa shape index (κ1) is 20.2. The van der Waals surface area contributed by atoms with Crippen LogP contribution in [-0.4, -0.2) is 65.3 Å². The fourth-order valence-corrected chi connectivity index (χ4v) is 4.70. The highest BCUT2D eigenvalue weighted by molar-refractivity contribution is 7.99. The zero-order valence-electron chi connectivity index (χ0n) is 16.4. The molecule has 3 rings (SSSR count). The molecule has 0 bridgehead atoms. The Labute approximate surface area is 166 Å². The highest BCUT2D eigenvalue weighted by Crippen LogP contribution is 2.24.